The van der Waals surface area contributed by atoms with Gasteiger partial charge in [-0.1, -0.05) is 6.92 Å². The fraction of sp³-hybridized carbons (Fsp3) is 0.412. The largest absolute Gasteiger partial charge is 0.481 e. The van der Waals surface area contributed by atoms with Crippen molar-refractivity contribution in [1.29, 1.82) is 0 Å². The molecule has 0 unspecified atom stereocenters. The van der Waals surface area contributed by atoms with Crippen molar-refractivity contribution in [1.82, 2.24) is 15.1 Å². The topological polar surface area (TPSA) is 56.1 Å². The average Bonchev–Trinajstić information content (AvgIpc) is 3.06. The minimum Gasteiger partial charge on any atom is -0.481 e. The lowest BCUT2D eigenvalue weighted by molar-refractivity contribution is -0.127. The van der Waals surface area contributed by atoms with Crippen LogP contribution in [0.4, 0.5) is 0 Å². The second-order valence-corrected chi connectivity index (χ2v) is 6.39. The van der Waals surface area contributed by atoms with Gasteiger partial charge in [0.25, 0.3) is 5.91 Å². The molecule has 1 heterocycles. The first-order valence-corrected chi connectivity index (χ1v) is 8.87. The second-order valence-electron chi connectivity index (χ2n) is 5.51. The zero-order valence-electron chi connectivity index (χ0n) is 13.7. The molecule has 2 rings (SSSR count). The fourth-order valence-electron chi connectivity index (χ4n) is 2.12. The molecule has 0 saturated heterocycles. The summed E-state index contributed by atoms with van der Waals surface area (Å²) in [5.74, 6) is 0.896. The molecule has 0 fully saturated rings. The summed E-state index contributed by atoms with van der Waals surface area (Å²) in [5, 5.41) is 7.09. The van der Waals surface area contributed by atoms with E-state index in [1.54, 1.807) is 24.9 Å². The van der Waals surface area contributed by atoms with Crippen LogP contribution >= 0.6 is 11.8 Å². The number of aromatic nitrogens is 2. The van der Waals surface area contributed by atoms with Gasteiger partial charge in [0.15, 0.2) is 6.10 Å². The van der Waals surface area contributed by atoms with E-state index in [1.165, 1.54) is 4.90 Å². The van der Waals surface area contributed by atoms with Crippen LogP contribution in [-0.4, -0.2) is 34.6 Å². The number of hydrogen-bond acceptors (Lipinski definition) is 4. The maximum absolute atomic E-state index is 12.1. The molecule has 1 aromatic heterocycles. The van der Waals surface area contributed by atoms with Crippen LogP contribution in [0.25, 0.3) is 0 Å². The minimum absolute atomic E-state index is 0.105. The SMILES string of the molecule is CSc1ccc(O[C@H](C)C(=O)NC[C@H](C)Cn2cccn2)cc1. The molecule has 0 aliphatic heterocycles. The van der Waals surface area contributed by atoms with Gasteiger partial charge in [-0.2, -0.15) is 5.10 Å². The lowest BCUT2D eigenvalue weighted by Crippen LogP contribution is -2.39. The molecular weight excluding hydrogens is 310 g/mol. The van der Waals surface area contributed by atoms with Crippen molar-refractivity contribution in [2.24, 2.45) is 5.92 Å². The Morgan fingerprint density at radius 3 is 2.70 bits per heavy atom. The Morgan fingerprint density at radius 2 is 2.09 bits per heavy atom. The zero-order chi connectivity index (χ0) is 16.7. The predicted octanol–water partition coefficient (Wildman–Crippen LogP) is 2.82. The van der Waals surface area contributed by atoms with Crippen LogP contribution in [0.3, 0.4) is 0 Å². The Labute approximate surface area is 141 Å². The molecule has 1 amide bonds. The molecule has 0 aliphatic carbocycles. The van der Waals surface area contributed by atoms with E-state index >= 15 is 0 Å². The Balaban J connectivity index is 1.75. The molecule has 0 spiro atoms. The van der Waals surface area contributed by atoms with E-state index in [1.807, 2.05) is 47.5 Å². The normalized spacial score (nSPS) is 13.3. The molecule has 1 aromatic carbocycles. The van der Waals surface area contributed by atoms with Gasteiger partial charge in [0.2, 0.25) is 0 Å². The van der Waals surface area contributed by atoms with Gasteiger partial charge in [-0.3, -0.25) is 9.48 Å². The minimum atomic E-state index is -0.521. The van der Waals surface area contributed by atoms with Gasteiger partial charge in [0.05, 0.1) is 0 Å². The molecule has 2 aromatic rings. The summed E-state index contributed by atoms with van der Waals surface area (Å²) < 4.78 is 7.54. The van der Waals surface area contributed by atoms with E-state index < -0.39 is 6.10 Å². The first-order chi connectivity index (χ1) is 11.1. The highest BCUT2D eigenvalue weighted by Crippen LogP contribution is 2.19. The maximum atomic E-state index is 12.1. The number of benzene rings is 1. The van der Waals surface area contributed by atoms with E-state index in [2.05, 4.69) is 17.3 Å². The molecule has 1 N–H and O–H groups in total. The zero-order valence-corrected chi connectivity index (χ0v) is 14.5. The quantitative estimate of drug-likeness (QED) is 0.755. The standard InChI is InChI=1S/C17H23N3O2S/c1-13(12-20-10-4-9-19-20)11-18-17(21)14(2)22-15-5-7-16(23-3)8-6-15/h4-10,13-14H,11-12H2,1-3H3,(H,18,21)/t13-,14+/m0/s1. The van der Waals surface area contributed by atoms with Crippen LogP contribution in [0.1, 0.15) is 13.8 Å². The number of thioether (sulfide) groups is 1. The van der Waals surface area contributed by atoms with Crippen molar-refractivity contribution in [3.8, 4) is 5.75 Å². The molecule has 0 aliphatic rings. The van der Waals surface area contributed by atoms with Crippen molar-refractivity contribution in [2.75, 3.05) is 12.8 Å². The lowest BCUT2D eigenvalue weighted by Gasteiger charge is -2.17. The monoisotopic (exact) mass is 333 g/mol. The van der Waals surface area contributed by atoms with Crippen LogP contribution < -0.4 is 10.1 Å². The van der Waals surface area contributed by atoms with Gasteiger partial charge in [-0.05, 0) is 49.4 Å². The van der Waals surface area contributed by atoms with E-state index in [0.29, 0.717) is 18.2 Å². The van der Waals surface area contributed by atoms with Crippen LogP contribution in [0.5, 0.6) is 5.75 Å². The smallest absolute Gasteiger partial charge is 0.260 e. The van der Waals surface area contributed by atoms with Gasteiger partial charge in [-0.15, -0.1) is 11.8 Å². The number of nitrogens with zero attached hydrogens (tertiary/aromatic N) is 2. The Kier molecular flexibility index (Phi) is 6.52. The summed E-state index contributed by atoms with van der Waals surface area (Å²) in [4.78, 5) is 13.3. The Hall–Kier alpha value is -1.95. The number of rotatable bonds is 8. The van der Waals surface area contributed by atoms with E-state index in [9.17, 15) is 4.79 Å². The van der Waals surface area contributed by atoms with Crippen molar-refractivity contribution >= 4 is 17.7 Å². The van der Waals surface area contributed by atoms with Crippen molar-refractivity contribution < 1.29 is 9.53 Å². The summed E-state index contributed by atoms with van der Waals surface area (Å²) in [6.07, 6.45) is 5.18. The van der Waals surface area contributed by atoms with Gasteiger partial charge in [0.1, 0.15) is 5.75 Å². The summed E-state index contributed by atoms with van der Waals surface area (Å²) in [7, 11) is 0. The number of nitrogens with one attached hydrogen (secondary N) is 1. The summed E-state index contributed by atoms with van der Waals surface area (Å²) in [6, 6.07) is 9.63. The molecule has 6 heteroatoms. The van der Waals surface area contributed by atoms with Crippen LogP contribution in [0, 0.1) is 5.92 Å². The maximum Gasteiger partial charge on any atom is 0.260 e. The number of amides is 1. The first-order valence-electron chi connectivity index (χ1n) is 7.64. The van der Waals surface area contributed by atoms with Crippen LogP contribution in [-0.2, 0) is 11.3 Å². The lowest BCUT2D eigenvalue weighted by atomic mass is 10.2. The van der Waals surface area contributed by atoms with Crippen LogP contribution in [0.15, 0.2) is 47.6 Å². The summed E-state index contributed by atoms with van der Waals surface area (Å²) in [5.41, 5.74) is 0. The van der Waals surface area contributed by atoms with Crippen molar-refractivity contribution in [3.63, 3.8) is 0 Å². The van der Waals surface area contributed by atoms with Gasteiger partial charge < -0.3 is 10.1 Å². The average molecular weight is 333 g/mol. The third kappa shape index (κ3) is 5.63. The van der Waals surface area contributed by atoms with E-state index in [0.717, 1.165) is 6.54 Å². The van der Waals surface area contributed by atoms with Gasteiger partial charge in [0, 0.05) is 30.4 Å². The van der Waals surface area contributed by atoms with E-state index in [4.69, 9.17) is 4.74 Å². The van der Waals surface area contributed by atoms with E-state index in [-0.39, 0.29) is 5.91 Å². The third-order valence-electron chi connectivity index (χ3n) is 3.42. The highest BCUT2D eigenvalue weighted by Gasteiger charge is 2.15. The Morgan fingerprint density at radius 1 is 1.35 bits per heavy atom. The molecule has 23 heavy (non-hydrogen) atoms. The van der Waals surface area contributed by atoms with Gasteiger partial charge >= 0.3 is 0 Å². The molecule has 0 radical (unpaired) electrons. The molecule has 0 bridgehead atoms. The van der Waals surface area contributed by atoms with Crippen molar-refractivity contribution in [2.45, 2.75) is 31.4 Å². The molecule has 5 nitrogen and oxygen atoms in total. The molecule has 0 saturated carbocycles. The first kappa shape index (κ1) is 17.4. The number of hydrogen-bond donors (Lipinski definition) is 1. The fourth-order valence-corrected chi connectivity index (χ4v) is 2.53. The number of ether oxygens (including phenoxy) is 1. The number of carbonyl (C=O) groups excluding carboxylic acids is 1. The highest BCUT2D eigenvalue weighted by molar-refractivity contribution is 7.98. The summed E-state index contributed by atoms with van der Waals surface area (Å²) in [6.45, 7) is 5.21. The Bertz CT molecular complexity index is 599. The van der Waals surface area contributed by atoms with Gasteiger partial charge in [-0.25, -0.2) is 0 Å². The second kappa shape index (κ2) is 8.62. The molecular formula is C17H23N3O2S. The molecule has 2 atom stereocenters. The van der Waals surface area contributed by atoms with Crippen LogP contribution in [0.2, 0.25) is 0 Å². The third-order valence-corrected chi connectivity index (χ3v) is 4.17. The molecule has 124 valence electrons. The number of carbonyl (C=O) groups is 1. The summed E-state index contributed by atoms with van der Waals surface area (Å²) >= 11 is 1.67. The predicted molar refractivity (Wildman–Crippen MR) is 92.7 cm³/mol. The van der Waals surface area contributed by atoms with Crippen molar-refractivity contribution in [3.05, 3.63) is 42.7 Å². The highest BCUT2D eigenvalue weighted by atomic mass is 32.2.